The maximum Gasteiger partial charge on any atom is 0.309 e. The van der Waals surface area contributed by atoms with Crippen LogP contribution in [-0.4, -0.2) is 11.1 Å². The Kier molecular flexibility index (Phi) is 3.51. The van der Waals surface area contributed by atoms with E-state index in [0.29, 0.717) is 6.42 Å². The standard InChI is InChI=1S/C15H20O2/c1-12-7-3-4-8-13(12)11-15(14(16)17)9-5-2-6-10-15/h3-4,7-8H,2,5-6,9-11H2,1H3,(H,16,17). The number of hydrogen-bond acceptors (Lipinski definition) is 1. The lowest BCUT2D eigenvalue weighted by Crippen LogP contribution is -2.35. The van der Waals surface area contributed by atoms with Crippen molar-refractivity contribution in [2.45, 2.75) is 45.4 Å². The van der Waals surface area contributed by atoms with E-state index in [4.69, 9.17) is 0 Å². The zero-order valence-corrected chi connectivity index (χ0v) is 10.4. The van der Waals surface area contributed by atoms with E-state index in [2.05, 4.69) is 19.1 Å². The van der Waals surface area contributed by atoms with Gasteiger partial charge < -0.3 is 5.11 Å². The fourth-order valence-corrected chi connectivity index (χ4v) is 2.87. The van der Waals surface area contributed by atoms with Crippen LogP contribution in [-0.2, 0) is 11.2 Å². The van der Waals surface area contributed by atoms with Crippen molar-refractivity contribution in [3.05, 3.63) is 35.4 Å². The van der Waals surface area contributed by atoms with Gasteiger partial charge in [-0.05, 0) is 37.3 Å². The van der Waals surface area contributed by atoms with Gasteiger partial charge in [-0.3, -0.25) is 4.79 Å². The van der Waals surface area contributed by atoms with Crippen molar-refractivity contribution >= 4 is 5.97 Å². The molecule has 0 spiro atoms. The van der Waals surface area contributed by atoms with E-state index in [1.165, 1.54) is 17.5 Å². The van der Waals surface area contributed by atoms with Gasteiger partial charge in [0.15, 0.2) is 0 Å². The maximum atomic E-state index is 11.6. The molecule has 0 aliphatic heterocycles. The molecule has 0 unspecified atom stereocenters. The molecule has 0 heterocycles. The van der Waals surface area contributed by atoms with Crippen LogP contribution in [0.15, 0.2) is 24.3 Å². The fraction of sp³-hybridized carbons (Fsp3) is 0.533. The zero-order chi connectivity index (χ0) is 12.3. The van der Waals surface area contributed by atoms with E-state index in [1.807, 2.05) is 12.1 Å². The molecule has 1 aliphatic rings. The lowest BCUT2D eigenvalue weighted by Gasteiger charge is -2.33. The predicted octanol–water partition coefficient (Wildman–Crippen LogP) is 3.57. The number of benzene rings is 1. The van der Waals surface area contributed by atoms with E-state index in [9.17, 15) is 9.90 Å². The first-order chi connectivity index (χ1) is 8.14. The Labute approximate surface area is 103 Å². The third-order valence-electron chi connectivity index (χ3n) is 4.05. The van der Waals surface area contributed by atoms with Crippen molar-refractivity contribution in [2.24, 2.45) is 5.41 Å². The molecule has 0 aromatic heterocycles. The second kappa shape index (κ2) is 4.91. The van der Waals surface area contributed by atoms with E-state index in [-0.39, 0.29) is 0 Å². The summed E-state index contributed by atoms with van der Waals surface area (Å²) in [5, 5.41) is 9.54. The first-order valence-corrected chi connectivity index (χ1v) is 6.42. The Morgan fingerprint density at radius 3 is 2.47 bits per heavy atom. The van der Waals surface area contributed by atoms with Gasteiger partial charge in [-0.25, -0.2) is 0 Å². The van der Waals surface area contributed by atoms with Gasteiger partial charge in [-0.15, -0.1) is 0 Å². The molecule has 1 aliphatic carbocycles. The molecule has 0 amide bonds. The summed E-state index contributed by atoms with van der Waals surface area (Å²) < 4.78 is 0. The number of carboxylic acid groups (broad SMARTS) is 1. The van der Waals surface area contributed by atoms with E-state index >= 15 is 0 Å². The lowest BCUT2D eigenvalue weighted by molar-refractivity contribution is -0.151. The minimum Gasteiger partial charge on any atom is -0.481 e. The van der Waals surface area contributed by atoms with E-state index < -0.39 is 11.4 Å². The Balaban J connectivity index is 2.24. The van der Waals surface area contributed by atoms with Gasteiger partial charge in [-0.2, -0.15) is 0 Å². The third kappa shape index (κ3) is 2.51. The summed E-state index contributed by atoms with van der Waals surface area (Å²) in [5.41, 5.74) is 1.89. The average Bonchev–Trinajstić information content (AvgIpc) is 2.33. The minimum atomic E-state index is -0.611. The zero-order valence-electron chi connectivity index (χ0n) is 10.4. The van der Waals surface area contributed by atoms with Gasteiger partial charge >= 0.3 is 5.97 Å². The predicted molar refractivity (Wildman–Crippen MR) is 68.0 cm³/mol. The molecular formula is C15H20O2. The van der Waals surface area contributed by atoms with Crippen LogP contribution < -0.4 is 0 Å². The number of carbonyl (C=O) groups is 1. The average molecular weight is 232 g/mol. The van der Waals surface area contributed by atoms with Crippen LogP contribution in [0.3, 0.4) is 0 Å². The molecule has 1 saturated carbocycles. The van der Waals surface area contributed by atoms with Gasteiger partial charge in [-0.1, -0.05) is 43.5 Å². The molecule has 17 heavy (non-hydrogen) atoms. The fourth-order valence-electron chi connectivity index (χ4n) is 2.87. The molecule has 92 valence electrons. The van der Waals surface area contributed by atoms with Crippen molar-refractivity contribution in [1.29, 1.82) is 0 Å². The first kappa shape index (κ1) is 12.2. The van der Waals surface area contributed by atoms with Gasteiger partial charge in [0.1, 0.15) is 0 Å². The number of aliphatic carboxylic acids is 1. The monoisotopic (exact) mass is 232 g/mol. The van der Waals surface area contributed by atoms with Crippen LogP contribution in [0.4, 0.5) is 0 Å². The second-order valence-corrected chi connectivity index (χ2v) is 5.25. The topological polar surface area (TPSA) is 37.3 Å². The van der Waals surface area contributed by atoms with Crippen molar-refractivity contribution in [3.63, 3.8) is 0 Å². The van der Waals surface area contributed by atoms with Crippen LogP contribution in [0.5, 0.6) is 0 Å². The number of aryl methyl sites for hydroxylation is 1. The van der Waals surface area contributed by atoms with Crippen molar-refractivity contribution in [3.8, 4) is 0 Å². The highest BCUT2D eigenvalue weighted by molar-refractivity contribution is 5.75. The molecular weight excluding hydrogens is 212 g/mol. The lowest BCUT2D eigenvalue weighted by atomic mass is 9.70. The van der Waals surface area contributed by atoms with Crippen LogP contribution in [0.1, 0.15) is 43.2 Å². The van der Waals surface area contributed by atoms with Crippen molar-refractivity contribution < 1.29 is 9.90 Å². The number of rotatable bonds is 3. The summed E-state index contributed by atoms with van der Waals surface area (Å²) in [7, 11) is 0. The summed E-state index contributed by atoms with van der Waals surface area (Å²) >= 11 is 0. The third-order valence-corrected chi connectivity index (χ3v) is 4.05. The quantitative estimate of drug-likeness (QED) is 0.865. The normalized spacial score (nSPS) is 18.9. The highest BCUT2D eigenvalue weighted by Gasteiger charge is 2.39. The molecule has 2 nitrogen and oxygen atoms in total. The molecule has 0 radical (unpaired) electrons. The maximum absolute atomic E-state index is 11.6. The Morgan fingerprint density at radius 2 is 1.88 bits per heavy atom. The summed E-state index contributed by atoms with van der Waals surface area (Å²) in [6.45, 7) is 2.06. The molecule has 1 aromatic carbocycles. The van der Waals surface area contributed by atoms with Gasteiger partial charge in [0.25, 0.3) is 0 Å². The smallest absolute Gasteiger partial charge is 0.309 e. The number of hydrogen-bond donors (Lipinski definition) is 1. The SMILES string of the molecule is Cc1ccccc1CC1(C(=O)O)CCCCC1. The molecule has 0 atom stereocenters. The van der Waals surface area contributed by atoms with E-state index in [1.54, 1.807) is 0 Å². The second-order valence-electron chi connectivity index (χ2n) is 5.25. The summed E-state index contributed by atoms with van der Waals surface area (Å²) in [4.78, 5) is 11.6. The summed E-state index contributed by atoms with van der Waals surface area (Å²) in [6.07, 6.45) is 5.64. The van der Waals surface area contributed by atoms with Gasteiger partial charge in [0.05, 0.1) is 5.41 Å². The molecule has 0 saturated heterocycles. The summed E-state index contributed by atoms with van der Waals surface area (Å²) in [6, 6.07) is 8.14. The molecule has 1 aromatic rings. The molecule has 2 rings (SSSR count). The molecule has 1 N–H and O–H groups in total. The van der Waals surface area contributed by atoms with Crippen LogP contribution in [0.2, 0.25) is 0 Å². The molecule has 0 bridgehead atoms. The van der Waals surface area contributed by atoms with Gasteiger partial charge in [0.2, 0.25) is 0 Å². The van der Waals surface area contributed by atoms with Crippen LogP contribution >= 0.6 is 0 Å². The molecule has 1 fully saturated rings. The van der Waals surface area contributed by atoms with Crippen molar-refractivity contribution in [1.82, 2.24) is 0 Å². The van der Waals surface area contributed by atoms with E-state index in [0.717, 1.165) is 25.7 Å². The summed E-state index contributed by atoms with van der Waals surface area (Å²) in [5.74, 6) is -0.611. The Bertz CT molecular complexity index is 403. The van der Waals surface area contributed by atoms with Crippen LogP contribution in [0.25, 0.3) is 0 Å². The number of carboxylic acids is 1. The highest BCUT2D eigenvalue weighted by atomic mass is 16.4. The van der Waals surface area contributed by atoms with Gasteiger partial charge in [0, 0.05) is 0 Å². The first-order valence-electron chi connectivity index (χ1n) is 6.42. The highest BCUT2D eigenvalue weighted by Crippen LogP contribution is 2.40. The van der Waals surface area contributed by atoms with Crippen molar-refractivity contribution in [2.75, 3.05) is 0 Å². The molecule has 2 heteroatoms. The minimum absolute atomic E-state index is 0.510. The van der Waals surface area contributed by atoms with Crippen LogP contribution in [0, 0.1) is 12.3 Å². The Hall–Kier alpha value is -1.31. The largest absolute Gasteiger partial charge is 0.481 e. The Morgan fingerprint density at radius 1 is 1.24 bits per heavy atom.